The van der Waals surface area contributed by atoms with Crippen LogP contribution in [0.3, 0.4) is 0 Å². The van der Waals surface area contributed by atoms with Gasteiger partial charge in [0.05, 0.1) is 5.56 Å². The van der Waals surface area contributed by atoms with Crippen molar-refractivity contribution in [3.63, 3.8) is 0 Å². The van der Waals surface area contributed by atoms with Crippen LogP contribution < -0.4 is 5.73 Å². The molecule has 1 aromatic rings. The third-order valence-corrected chi connectivity index (χ3v) is 1.74. The molecule has 0 amide bonds. The lowest BCUT2D eigenvalue weighted by molar-refractivity contribution is 0.151. The van der Waals surface area contributed by atoms with Gasteiger partial charge in [0.1, 0.15) is 11.8 Å². The van der Waals surface area contributed by atoms with Gasteiger partial charge in [-0.15, -0.1) is 0 Å². The molecular formula is C8H7F2N3. The predicted molar refractivity (Wildman–Crippen MR) is 43.1 cm³/mol. The van der Waals surface area contributed by atoms with Crippen LogP contribution in [0.5, 0.6) is 0 Å². The number of anilines is 1. The zero-order valence-corrected chi connectivity index (χ0v) is 6.88. The number of nitrogens with zero attached hydrogens (tertiary/aromatic N) is 2. The van der Waals surface area contributed by atoms with Crippen molar-refractivity contribution in [2.45, 2.75) is 13.3 Å². The summed E-state index contributed by atoms with van der Waals surface area (Å²) in [4.78, 5) is 3.56. The van der Waals surface area contributed by atoms with Gasteiger partial charge in [-0.05, 0) is 6.92 Å². The Morgan fingerprint density at radius 1 is 1.62 bits per heavy atom. The topological polar surface area (TPSA) is 62.7 Å². The molecule has 3 nitrogen and oxygen atoms in total. The number of hydrogen-bond acceptors (Lipinski definition) is 3. The molecule has 0 aliphatic rings. The zero-order valence-electron chi connectivity index (χ0n) is 6.88. The van der Waals surface area contributed by atoms with Crippen molar-refractivity contribution in [2.24, 2.45) is 0 Å². The second-order valence-electron chi connectivity index (χ2n) is 2.51. The smallest absolute Gasteiger partial charge is 0.267 e. The first-order valence-corrected chi connectivity index (χ1v) is 3.51. The van der Waals surface area contributed by atoms with E-state index >= 15 is 0 Å². The highest BCUT2D eigenvalue weighted by atomic mass is 19.3. The zero-order chi connectivity index (χ0) is 10.0. The summed E-state index contributed by atoms with van der Waals surface area (Å²) in [5.41, 5.74) is 5.40. The SMILES string of the molecule is Cc1c(C#N)ncc(C(F)F)c1N. The fraction of sp³-hybridized carbons (Fsp3) is 0.250. The molecular weight excluding hydrogens is 176 g/mol. The van der Waals surface area contributed by atoms with Gasteiger partial charge in [-0.3, -0.25) is 0 Å². The van der Waals surface area contributed by atoms with Crippen molar-refractivity contribution in [1.82, 2.24) is 4.98 Å². The van der Waals surface area contributed by atoms with Gasteiger partial charge in [0.25, 0.3) is 6.43 Å². The highest BCUT2D eigenvalue weighted by Gasteiger charge is 2.15. The van der Waals surface area contributed by atoms with Crippen LogP contribution in [0.25, 0.3) is 0 Å². The number of nitrogen functional groups attached to an aromatic ring is 1. The minimum Gasteiger partial charge on any atom is -0.398 e. The van der Waals surface area contributed by atoms with Crippen molar-refractivity contribution in [3.05, 3.63) is 23.0 Å². The molecule has 1 heterocycles. The Kier molecular flexibility index (Phi) is 2.42. The summed E-state index contributed by atoms with van der Waals surface area (Å²) in [6, 6.07) is 1.77. The van der Waals surface area contributed by atoms with Crippen LogP contribution in [0.15, 0.2) is 6.20 Å². The fourth-order valence-electron chi connectivity index (χ4n) is 0.931. The molecule has 13 heavy (non-hydrogen) atoms. The van der Waals surface area contributed by atoms with Crippen molar-refractivity contribution in [1.29, 1.82) is 5.26 Å². The fourth-order valence-corrected chi connectivity index (χ4v) is 0.931. The van der Waals surface area contributed by atoms with Crippen LogP contribution in [0.4, 0.5) is 14.5 Å². The van der Waals surface area contributed by atoms with E-state index in [9.17, 15) is 8.78 Å². The van der Waals surface area contributed by atoms with E-state index in [-0.39, 0.29) is 16.9 Å². The molecule has 2 N–H and O–H groups in total. The third-order valence-electron chi connectivity index (χ3n) is 1.74. The number of pyridine rings is 1. The van der Waals surface area contributed by atoms with Gasteiger partial charge in [-0.25, -0.2) is 13.8 Å². The summed E-state index contributed by atoms with van der Waals surface area (Å²) in [5, 5.41) is 8.52. The van der Waals surface area contributed by atoms with Crippen LogP contribution in [0.1, 0.15) is 23.2 Å². The summed E-state index contributed by atoms with van der Waals surface area (Å²) < 4.78 is 24.5. The monoisotopic (exact) mass is 183 g/mol. The van der Waals surface area contributed by atoms with E-state index < -0.39 is 6.43 Å². The molecule has 0 aliphatic heterocycles. The molecule has 5 heteroatoms. The molecule has 0 radical (unpaired) electrons. The molecule has 1 aromatic heterocycles. The maximum Gasteiger partial charge on any atom is 0.267 e. The average Bonchev–Trinajstić information content (AvgIpc) is 2.09. The molecule has 0 aliphatic carbocycles. The van der Waals surface area contributed by atoms with E-state index in [4.69, 9.17) is 11.0 Å². The number of alkyl halides is 2. The average molecular weight is 183 g/mol. The normalized spacial score (nSPS) is 10.1. The first-order chi connectivity index (χ1) is 6.07. The number of rotatable bonds is 1. The largest absolute Gasteiger partial charge is 0.398 e. The van der Waals surface area contributed by atoms with Crippen LogP contribution in [0, 0.1) is 18.3 Å². The lowest BCUT2D eigenvalue weighted by Crippen LogP contribution is -2.02. The Bertz CT molecular complexity index is 368. The molecule has 0 saturated carbocycles. The number of nitriles is 1. The highest BCUT2D eigenvalue weighted by Crippen LogP contribution is 2.27. The van der Waals surface area contributed by atoms with Crippen molar-refractivity contribution in [3.8, 4) is 6.07 Å². The Morgan fingerprint density at radius 3 is 2.69 bits per heavy atom. The van der Waals surface area contributed by atoms with Gasteiger partial charge < -0.3 is 5.73 Å². The minimum absolute atomic E-state index is 0.0541. The first-order valence-electron chi connectivity index (χ1n) is 3.51. The van der Waals surface area contributed by atoms with Crippen molar-refractivity contribution < 1.29 is 8.78 Å². The third kappa shape index (κ3) is 1.56. The van der Waals surface area contributed by atoms with Gasteiger partial charge >= 0.3 is 0 Å². The second-order valence-corrected chi connectivity index (χ2v) is 2.51. The van der Waals surface area contributed by atoms with Crippen LogP contribution in [0.2, 0.25) is 0 Å². The molecule has 0 bridgehead atoms. The van der Waals surface area contributed by atoms with E-state index in [2.05, 4.69) is 4.98 Å². The van der Waals surface area contributed by atoms with E-state index in [0.717, 1.165) is 6.20 Å². The second kappa shape index (κ2) is 3.35. The Labute approximate surface area is 73.8 Å². The van der Waals surface area contributed by atoms with Crippen molar-refractivity contribution in [2.75, 3.05) is 5.73 Å². The quantitative estimate of drug-likeness (QED) is 0.721. The maximum atomic E-state index is 12.2. The number of hydrogen-bond donors (Lipinski definition) is 1. The summed E-state index contributed by atoms with van der Waals surface area (Å²) in [7, 11) is 0. The molecule has 1 rings (SSSR count). The minimum atomic E-state index is -2.65. The standard InChI is InChI=1S/C8H7F2N3/c1-4-6(2-11)13-3-5(7(4)12)8(9)10/h3,8H,1H3,(H2,12,13). The van der Waals surface area contributed by atoms with E-state index in [1.54, 1.807) is 6.07 Å². The summed E-state index contributed by atoms with van der Waals surface area (Å²) in [6.07, 6.45) is -1.72. The molecule has 0 aromatic carbocycles. The molecule has 68 valence electrons. The Hall–Kier alpha value is -1.70. The first kappa shape index (κ1) is 9.39. The van der Waals surface area contributed by atoms with Gasteiger partial charge in [0.2, 0.25) is 0 Å². The number of aromatic nitrogens is 1. The molecule has 0 atom stereocenters. The van der Waals surface area contributed by atoms with Crippen LogP contribution >= 0.6 is 0 Å². The van der Waals surface area contributed by atoms with Gasteiger partial charge in [0, 0.05) is 17.4 Å². The lowest BCUT2D eigenvalue weighted by Gasteiger charge is -2.07. The van der Waals surface area contributed by atoms with Crippen molar-refractivity contribution >= 4 is 5.69 Å². The van der Waals surface area contributed by atoms with Gasteiger partial charge in [-0.1, -0.05) is 0 Å². The number of nitrogens with two attached hydrogens (primary N) is 1. The Morgan fingerprint density at radius 2 is 2.23 bits per heavy atom. The molecule has 0 spiro atoms. The van der Waals surface area contributed by atoms with E-state index in [1.165, 1.54) is 6.92 Å². The Balaban J connectivity index is 3.33. The van der Waals surface area contributed by atoms with E-state index in [1.807, 2.05) is 0 Å². The maximum absolute atomic E-state index is 12.2. The summed E-state index contributed by atoms with van der Waals surface area (Å²) in [6.45, 7) is 1.49. The molecule has 0 unspecified atom stereocenters. The summed E-state index contributed by atoms with van der Waals surface area (Å²) >= 11 is 0. The molecule has 0 fully saturated rings. The van der Waals surface area contributed by atoms with Gasteiger partial charge in [0.15, 0.2) is 0 Å². The van der Waals surface area contributed by atoms with Gasteiger partial charge in [-0.2, -0.15) is 5.26 Å². The molecule has 0 saturated heterocycles. The predicted octanol–water partition coefficient (Wildman–Crippen LogP) is 1.78. The van der Waals surface area contributed by atoms with Crippen LogP contribution in [-0.4, -0.2) is 4.98 Å². The highest BCUT2D eigenvalue weighted by molar-refractivity contribution is 5.56. The number of halogens is 2. The van der Waals surface area contributed by atoms with Crippen LogP contribution in [-0.2, 0) is 0 Å². The lowest BCUT2D eigenvalue weighted by atomic mass is 10.1. The van der Waals surface area contributed by atoms with E-state index in [0.29, 0.717) is 5.56 Å². The summed E-state index contributed by atoms with van der Waals surface area (Å²) in [5.74, 6) is 0.